The molecule has 1 aliphatic rings. The summed E-state index contributed by atoms with van der Waals surface area (Å²) in [6.07, 6.45) is 8.87. The second-order valence-electron chi connectivity index (χ2n) is 10.1. The maximum atomic E-state index is 7.37. The number of hydrogen-bond acceptors (Lipinski definition) is 1. The van der Waals surface area contributed by atoms with Gasteiger partial charge in [0.15, 0.2) is 0 Å². The molecule has 2 aromatic carbocycles. The number of rotatable bonds is 8. The summed E-state index contributed by atoms with van der Waals surface area (Å²) in [5.74, 6) is 0.781. The molecule has 0 amide bonds. The highest BCUT2D eigenvalue weighted by atomic mass is 35.5. The molecule has 1 saturated carbocycles. The monoisotopic (exact) mass is 442 g/mol. The van der Waals surface area contributed by atoms with Gasteiger partial charge in [0.05, 0.1) is 0 Å². The minimum absolute atomic E-state index is 0.0492. The van der Waals surface area contributed by atoms with Crippen LogP contribution in [-0.4, -0.2) is 20.3 Å². The van der Waals surface area contributed by atoms with Crippen LogP contribution in [-0.2, 0) is 4.43 Å². The fraction of sp³-hybridized carbons (Fsp3) is 0.556. The van der Waals surface area contributed by atoms with Gasteiger partial charge < -0.3 is 4.43 Å². The molecule has 0 radical (unpaired) electrons. The first-order valence-corrected chi connectivity index (χ1v) is 14.2. The Labute approximate surface area is 190 Å². The Kier molecular flexibility index (Phi) is 7.87. The van der Waals surface area contributed by atoms with Crippen molar-refractivity contribution in [3.8, 4) is 0 Å². The smallest absolute Gasteiger partial charge is 0.261 e. The van der Waals surface area contributed by atoms with Crippen LogP contribution in [0.3, 0.4) is 0 Å². The summed E-state index contributed by atoms with van der Waals surface area (Å²) in [7, 11) is -2.44. The molecule has 0 bridgehead atoms. The molecule has 30 heavy (non-hydrogen) atoms. The number of hydrogen-bond donors (Lipinski definition) is 0. The highest BCUT2D eigenvalue weighted by Crippen LogP contribution is 2.46. The third kappa shape index (κ3) is 4.87. The highest BCUT2D eigenvalue weighted by Gasteiger charge is 2.52. The van der Waals surface area contributed by atoms with Crippen molar-refractivity contribution in [3.05, 3.63) is 60.7 Å². The molecule has 0 saturated heterocycles. The largest absolute Gasteiger partial charge is 0.404 e. The van der Waals surface area contributed by atoms with Crippen molar-refractivity contribution in [2.24, 2.45) is 5.41 Å². The van der Waals surface area contributed by atoms with Crippen molar-refractivity contribution in [1.82, 2.24) is 0 Å². The van der Waals surface area contributed by atoms with E-state index in [4.69, 9.17) is 16.0 Å². The molecule has 0 unspecified atom stereocenters. The van der Waals surface area contributed by atoms with Crippen molar-refractivity contribution < 1.29 is 4.43 Å². The van der Waals surface area contributed by atoms with E-state index in [1.807, 2.05) is 0 Å². The van der Waals surface area contributed by atoms with Crippen molar-refractivity contribution in [2.75, 3.05) is 5.88 Å². The molecule has 0 aromatic heterocycles. The average molecular weight is 443 g/mol. The van der Waals surface area contributed by atoms with Gasteiger partial charge in [-0.1, -0.05) is 94.8 Å². The van der Waals surface area contributed by atoms with E-state index in [-0.39, 0.29) is 5.04 Å². The zero-order valence-electron chi connectivity index (χ0n) is 19.3. The molecular formula is C27H39ClOSi. The predicted octanol–water partition coefficient (Wildman–Crippen LogP) is 6.92. The van der Waals surface area contributed by atoms with Crippen LogP contribution in [0.5, 0.6) is 0 Å². The van der Waals surface area contributed by atoms with Gasteiger partial charge in [0, 0.05) is 12.0 Å². The Morgan fingerprint density at radius 3 is 1.83 bits per heavy atom. The lowest BCUT2D eigenvalue weighted by Gasteiger charge is -2.48. The second kappa shape index (κ2) is 10.0. The minimum atomic E-state index is -2.44. The maximum Gasteiger partial charge on any atom is 0.261 e. The molecule has 164 valence electrons. The Morgan fingerprint density at radius 2 is 1.43 bits per heavy atom. The topological polar surface area (TPSA) is 9.23 Å². The van der Waals surface area contributed by atoms with Gasteiger partial charge in [-0.05, 0) is 59.4 Å². The molecule has 1 aliphatic carbocycles. The van der Waals surface area contributed by atoms with Gasteiger partial charge in [-0.2, -0.15) is 0 Å². The molecule has 0 spiro atoms. The quantitative estimate of drug-likeness (QED) is 0.318. The van der Waals surface area contributed by atoms with Crippen molar-refractivity contribution >= 4 is 30.3 Å². The maximum absolute atomic E-state index is 7.37. The molecule has 0 heterocycles. The van der Waals surface area contributed by atoms with E-state index in [9.17, 15) is 0 Å². The van der Waals surface area contributed by atoms with Crippen LogP contribution >= 0.6 is 11.6 Å². The Balaban J connectivity index is 1.93. The summed E-state index contributed by atoms with van der Waals surface area (Å²) in [6.45, 7) is 9.48. The van der Waals surface area contributed by atoms with E-state index in [0.717, 1.165) is 12.3 Å². The van der Waals surface area contributed by atoms with Gasteiger partial charge >= 0.3 is 0 Å². The van der Waals surface area contributed by atoms with Crippen LogP contribution in [0.25, 0.3) is 0 Å². The lowest BCUT2D eigenvalue weighted by molar-refractivity contribution is 0.0636. The fourth-order valence-electron chi connectivity index (χ4n) is 5.48. The Bertz CT molecular complexity index is 721. The minimum Gasteiger partial charge on any atom is -0.404 e. The number of halogens is 1. The summed E-state index contributed by atoms with van der Waals surface area (Å²) in [5, 5.41) is 2.82. The summed E-state index contributed by atoms with van der Waals surface area (Å²) < 4.78 is 7.37. The van der Waals surface area contributed by atoms with Crippen molar-refractivity contribution in [1.29, 1.82) is 0 Å². The molecule has 0 N–H and O–H groups in total. The molecule has 3 heteroatoms. The van der Waals surface area contributed by atoms with Crippen LogP contribution in [0.15, 0.2) is 60.7 Å². The van der Waals surface area contributed by atoms with Gasteiger partial charge in [-0.3, -0.25) is 0 Å². The van der Waals surface area contributed by atoms with Gasteiger partial charge in [-0.25, -0.2) is 0 Å². The van der Waals surface area contributed by atoms with E-state index in [1.165, 1.54) is 48.9 Å². The molecule has 3 rings (SSSR count). The third-order valence-corrected chi connectivity index (χ3v) is 12.7. The molecule has 1 fully saturated rings. The van der Waals surface area contributed by atoms with E-state index >= 15 is 0 Å². The summed E-state index contributed by atoms with van der Waals surface area (Å²) >= 11 is 6.02. The Hall–Kier alpha value is -1.09. The molecule has 2 aromatic rings. The zero-order valence-corrected chi connectivity index (χ0v) is 21.0. The standard InChI is InChI=1S/C27H39ClOSi/c1-5-27(19-12-22-28)20-17-23(18-21-27)29-30(26(2,3)4,24-13-8-6-9-14-24)25-15-10-7-11-16-25/h6-11,13-16,23H,5,12,17-22H2,1-4H3. The normalized spacial score (nSPS) is 22.8. The van der Waals surface area contributed by atoms with Gasteiger partial charge in [0.2, 0.25) is 0 Å². The lowest BCUT2D eigenvalue weighted by atomic mass is 9.69. The highest BCUT2D eigenvalue weighted by molar-refractivity contribution is 6.99. The SMILES string of the molecule is CCC1(CCCCl)CCC(O[Si](c2ccccc2)(c2ccccc2)C(C)(C)C)CC1. The van der Waals surface area contributed by atoms with Crippen molar-refractivity contribution in [3.63, 3.8) is 0 Å². The van der Waals surface area contributed by atoms with Crippen LogP contribution in [0.1, 0.15) is 72.6 Å². The van der Waals surface area contributed by atoms with Gasteiger partial charge in [0.25, 0.3) is 8.32 Å². The van der Waals surface area contributed by atoms with Gasteiger partial charge in [0.1, 0.15) is 0 Å². The summed E-state index contributed by atoms with van der Waals surface area (Å²) in [5.41, 5.74) is 0.472. The van der Waals surface area contributed by atoms with E-state index in [0.29, 0.717) is 11.5 Å². The van der Waals surface area contributed by atoms with Crippen LogP contribution < -0.4 is 10.4 Å². The molecule has 0 aliphatic heterocycles. The van der Waals surface area contributed by atoms with Crippen LogP contribution in [0.2, 0.25) is 5.04 Å². The molecule has 0 atom stereocenters. The first kappa shape index (κ1) is 23.6. The fourth-order valence-corrected chi connectivity index (χ4v) is 10.4. The van der Waals surface area contributed by atoms with Crippen LogP contribution in [0.4, 0.5) is 0 Å². The Morgan fingerprint density at radius 1 is 0.933 bits per heavy atom. The van der Waals surface area contributed by atoms with E-state index in [1.54, 1.807) is 0 Å². The summed E-state index contributed by atoms with van der Waals surface area (Å²) in [6, 6.07) is 22.1. The van der Waals surface area contributed by atoms with Crippen LogP contribution in [0, 0.1) is 5.41 Å². The predicted molar refractivity (Wildman–Crippen MR) is 134 cm³/mol. The van der Waals surface area contributed by atoms with Crippen molar-refractivity contribution in [2.45, 2.75) is 83.8 Å². The number of benzene rings is 2. The lowest BCUT2D eigenvalue weighted by Crippen LogP contribution is -2.67. The average Bonchev–Trinajstić information content (AvgIpc) is 2.77. The molecule has 1 nitrogen and oxygen atoms in total. The van der Waals surface area contributed by atoms with E-state index < -0.39 is 8.32 Å². The first-order valence-electron chi connectivity index (χ1n) is 11.7. The molecular weight excluding hydrogens is 404 g/mol. The summed E-state index contributed by atoms with van der Waals surface area (Å²) in [4.78, 5) is 0. The first-order chi connectivity index (χ1) is 14.4. The zero-order chi connectivity index (χ0) is 21.7. The third-order valence-electron chi connectivity index (χ3n) is 7.34. The van der Waals surface area contributed by atoms with E-state index in [2.05, 4.69) is 88.4 Å². The second-order valence-corrected chi connectivity index (χ2v) is 14.8. The van der Waals surface area contributed by atoms with Gasteiger partial charge in [-0.15, -0.1) is 11.6 Å². The number of alkyl halides is 1.